The number of para-hydroxylation sites is 1. The second-order valence-electron chi connectivity index (χ2n) is 7.45. The van der Waals surface area contributed by atoms with Gasteiger partial charge >= 0.3 is 0 Å². The largest absolute Gasteiger partial charge is 0.354 e. The third-order valence-corrected chi connectivity index (χ3v) is 4.82. The number of aryl methyl sites for hydroxylation is 1. The summed E-state index contributed by atoms with van der Waals surface area (Å²) in [6, 6.07) is 10.5. The van der Waals surface area contributed by atoms with E-state index in [0.29, 0.717) is 5.92 Å². The number of hydrogen-bond acceptors (Lipinski definition) is 4. The predicted octanol–water partition coefficient (Wildman–Crippen LogP) is 2.68. The Kier molecular flexibility index (Phi) is 5.76. The highest BCUT2D eigenvalue weighted by atomic mass is 15.4. The zero-order valence-electron chi connectivity index (χ0n) is 16.0. The molecule has 1 N–H and O–H groups in total. The molecule has 5 nitrogen and oxygen atoms in total. The third-order valence-electron chi connectivity index (χ3n) is 4.82. The molecule has 0 aliphatic carbocycles. The van der Waals surface area contributed by atoms with Crippen molar-refractivity contribution in [1.29, 1.82) is 0 Å². The van der Waals surface area contributed by atoms with E-state index >= 15 is 0 Å². The van der Waals surface area contributed by atoms with E-state index < -0.39 is 0 Å². The van der Waals surface area contributed by atoms with E-state index in [0.717, 1.165) is 50.6 Å². The van der Waals surface area contributed by atoms with Crippen LogP contribution in [0.5, 0.6) is 0 Å². The van der Waals surface area contributed by atoms with Crippen LogP contribution in [-0.2, 0) is 6.54 Å². The van der Waals surface area contributed by atoms with E-state index in [1.807, 2.05) is 0 Å². The summed E-state index contributed by atoms with van der Waals surface area (Å²) in [5, 5.41) is 8.50. The van der Waals surface area contributed by atoms with Gasteiger partial charge in [-0.3, -0.25) is 0 Å². The lowest BCUT2D eigenvalue weighted by atomic mass is 10.2. The van der Waals surface area contributed by atoms with Gasteiger partial charge in [0.1, 0.15) is 5.82 Å². The van der Waals surface area contributed by atoms with Crippen LogP contribution in [0.25, 0.3) is 5.69 Å². The van der Waals surface area contributed by atoms with Crippen molar-refractivity contribution in [1.82, 2.24) is 20.0 Å². The number of benzene rings is 1. The molecule has 0 saturated carbocycles. The lowest BCUT2D eigenvalue weighted by molar-refractivity contribution is 0.311. The summed E-state index contributed by atoms with van der Waals surface area (Å²) in [6.07, 6.45) is 0. The number of hydrogen-bond donors (Lipinski definition) is 1. The first-order valence-electron chi connectivity index (χ1n) is 9.34. The van der Waals surface area contributed by atoms with Crippen molar-refractivity contribution in [3.8, 4) is 5.69 Å². The number of piperazine rings is 1. The summed E-state index contributed by atoms with van der Waals surface area (Å²) in [6.45, 7) is 12.8. The van der Waals surface area contributed by atoms with Crippen LogP contribution < -0.4 is 10.2 Å². The fourth-order valence-electron chi connectivity index (χ4n) is 3.33. The van der Waals surface area contributed by atoms with Gasteiger partial charge in [-0.05, 0) is 38.6 Å². The number of aromatic nitrogens is 2. The van der Waals surface area contributed by atoms with Gasteiger partial charge in [0.2, 0.25) is 0 Å². The summed E-state index contributed by atoms with van der Waals surface area (Å²) in [5.74, 6) is 1.91. The van der Waals surface area contributed by atoms with Crippen LogP contribution in [0, 0.1) is 12.8 Å². The third kappa shape index (κ3) is 4.22. The van der Waals surface area contributed by atoms with Crippen molar-refractivity contribution in [2.75, 3.05) is 44.7 Å². The molecule has 0 spiro atoms. The SMILES string of the molecule is Cc1nn(-c2ccccc2)c(N2CCN(C)CC2)c1CNCC(C)C. The summed E-state index contributed by atoms with van der Waals surface area (Å²) in [5.41, 5.74) is 3.58. The lowest BCUT2D eigenvalue weighted by Gasteiger charge is -2.34. The van der Waals surface area contributed by atoms with E-state index in [1.165, 1.54) is 11.4 Å². The van der Waals surface area contributed by atoms with Crippen LogP contribution in [0.2, 0.25) is 0 Å². The molecule has 1 aromatic carbocycles. The van der Waals surface area contributed by atoms with E-state index in [9.17, 15) is 0 Å². The molecule has 0 bridgehead atoms. The first kappa shape index (κ1) is 18.0. The molecule has 0 amide bonds. The van der Waals surface area contributed by atoms with Crippen LogP contribution in [0.15, 0.2) is 30.3 Å². The van der Waals surface area contributed by atoms with E-state index in [4.69, 9.17) is 5.10 Å². The number of nitrogens with one attached hydrogen (secondary N) is 1. The molecule has 2 aromatic rings. The highest BCUT2D eigenvalue weighted by Crippen LogP contribution is 2.28. The Labute approximate surface area is 151 Å². The summed E-state index contributed by atoms with van der Waals surface area (Å²) in [4.78, 5) is 4.89. The van der Waals surface area contributed by atoms with Gasteiger partial charge in [-0.1, -0.05) is 32.0 Å². The molecule has 3 rings (SSSR count). The number of anilines is 1. The van der Waals surface area contributed by atoms with Gasteiger partial charge in [0.25, 0.3) is 0 Å². The van der Waals surface area contributed by atoms with Crippen molar-refractivity contribution in [3.05, 3.63) is 41.6 Å². The average Bonchev–Trinajstić information content (AvgIpc) is 2.93. The zero-order valence-corrected chi connectivity index (χ0v) is 16.0. The molecule has 5 heteroatoms. The van der Waals surface area contributed by atoms with Gasteiger partial charge in [-0.25, -0.2) is 4.68 Å². The van der Waals surface area contributed by atoms with E-state index in [2.05, 4.69) is 77.9 Å². The smallest absolute Gasteiger partial charge is 0.137 e. The van der Waals surface area contributed by atoms with Crippen molar-refractivity contribution in [3.63, 3.8) is 0 Å². The maximum absolute atomic E-state index is 4.89. The minimum absolute atomic E-state index is 0.650. The van der Waals surface area contributed by atoms with Gasteiger partial charge in [0.15, 0.2) is 0 Å². The first-order chi connectivity index (χ1) is 12.1. The monoisotopic (exact) mass is 341 g/mol. The number of rotatable bonds is 6. The Bertz CT molecular complexity index is 669. The van der Waals surface area contributed by atoms with Gasteiger partial charge < -0.3 is 15.1 Å². The van der Waals surface area contributed by atoms with Crippen LogP contribution >= 0.6 is 0 Å². The second-order valence-corrected chi connectivity index (χ2v) is 7.45. The predicted molar refractivity (Wildman–Crippen MR) is 105 cm³/mol. The van der Waals surface area contributed by atoms with Crippen molar-refractivity contribution < 1.29 is 0 Å². The number of likely N-dealkylation sites (N-methyl/N-ethyl adjacent to an activating group) is 1. The van der Waals surface area contributed by atoms with E-state index in [-0.39, 0.29) is 0 Å². The van der Waals surface area contributed by atoms with E-state index in [1.54, 1.807) is 0 Å². The minimum Gasteiger partial charge on any atom is -0.354 e. The van der Waals surface area contributed by atoms with Gasteiger partial charge in [-0.2, -0.15) is 5.10 Å². The topological polar surface area (TPSA) is 36.3 Å². The lowest BCUT2D eigenvalue weighted by Crippen LogP contribution is -2.45. The normalized spacial score (nSPS) is 16.0. The molecule has 1 fully saturated rings. The summed E-state index contributed by atoms with van der Waals surface area (Å²) >= 11 is 0. The average molecular weight is 342 g/mol. The molecule has 1 aromatic heterocycles. The Morgan fingerprint density at radius 2 is 1.76 bits per heavy atom. The molecule has 0 radical (unpaired) electrons. The van der Waals surface area contributed by atoms with Crippen molar-refractivity contribution >= 4 is 5.82 Å². The molecular weight excluding hydrogens is 310 g/mol. The summed E-state index contributed by atoms with van der Waals surface area (Å²) < 4.78 is 2.13. The Balaban J connectivity index is 1.94. The molecule has 1 aliphatic heterocycles. The molecule has 25 heavy (non-hydrogen) atoms. The van der Waals surface area contributed by atoms with Crippen LogP contribution in [-0.4, -0.2) is 54.5 Å². The summed E-state index contributed by atoms with van der Waals surface area (Å²) in [7, 11) is 2.20. The second kappa shape index (κ2) is 8.02. The first-order valence-corrected chi connectivity index (χ1v) is 9.34. The van der Waals surface area contributed by atoms with Crippen molar-refractivity contribution in [2.24, 2.45) is 5.92 Å². The molecule has 1 aliphatic rings. The Morgan fingerprint density at radius 1 is 1.08 bits per heavy atom. The molecule has 0 atom stereocenters. The highest BCUT2D eigenvalue weighted by Gasteiger charge is 2.24. The van der Waals surface area contributed by atoms with Gasteiger partial charge in [0.05, 0.1) is 11.4 Å². The maximum atomic E-state index is 4.89. The molecule has 136 valence electrons. The molecule has 2 heterocycles. The maximum Gasteiger partial charge on any atom is 0.137 e. The van der Waals surface area contributed by atoms with Crippen LogP contribution in [0.4, 0.5) is 5.82 Å². The van der Waals surface area contributed by atoms with Gasteiger partial charge in [-0.15, -0.1) is 0 Å². The fourth-order valence-corrected chi connectivity index (χ4v) is 3.33. The molecular formula is C20H31N5. The molecule has 0 unspecified atom stereocenters. The van der Waals surface area contributed by atoms with Crippen molar-refractivity contribution in [2.45, 2.75) is 27.3 Å². The van der Waals surface area contributed by atoms with Gasteiger partial charge in [0, 0.05) is 38.3 Å². The van der Waals surface area contributed by atoms with Crippen LogP contribution in [0.1, 0.15) is 25.1 Å². The fraction of sp³-hybridized carbons (Fsp3) is 0.550. The minimum atomic E-state index is 0.650. The molecule has 1 saturated heterocycles. The zero-order chi connectivity index (χ0) is 17.8. The standard InChI is InChI=1S/C20H31N5/c1-16(2)14-21-15-19-17(3)22-25(18-8-6-5-7-9-18)20(19)24-12-10-23(4)11-13-24/h5-9,16,21H,10-15H2,1-4H3. The Morgan fingerprint density at radius 3 is 2.40 bits per heavy atom. The highest BCUT2D eigenvalue weighted by molar-refractivity contribution is 5.55. The Hall–Kier alpha value is -1.85. The van der Waals surface area contributed by atoms with Crippen LogP contribution in [0.3, 0.4) is 0 Å². The number of nitrogens with zero attached hydrogens (tertiary/aromatic N) is 4. The quantitative estimate of drug-likeness (QED) is 0.876.